The lowest BCUT2D eigenvalue weighted by Crippen LogP contribution is -2.57. The lowest BCUT2D eigenvalue weighted by molar-refractivity contribution is -0.124. The predicted octanol–water partition coefficient (Wildman–Crippen LogP) is 7.57. The quantitative estimate of drug-likeness (QED) is 0.134. The van der Waals surface area contributed by atoms with E-state index in [2.05, 4.69) is 29.7 Å². The average molecular weight is 853 g/mol. The molecular formula is C50H48N10O4. The van der Waals surface area contributed by atoms with Gasteiger partial charge < -0.3 is 0 Å². The standard InChI is InChI=1S/C50H48N10O4/c1-35-12-10-26-51-39(35)33-55-28-20-49(21-29-55)45(61)57(47(63)59(49)43-16-6-8-24-53-43)41-19-18-38(37-14-4-3-5-15-37)32-42(41)58-46(62)50(60(48(58)64)44-17-7-9-25-54-44)22-30-56(31-23-50)34-40-36(2)13-11-27-52-40/h3-19,24-27,32H,20-23,28-31,33-34H2,1-2H3. The van der Waals surface area contributed by atoms with Crippen LogP contribution in [0.2, 0.25) is 0 Å². The molecule has 10 rings (SSSR count). The molecule has 0 atom stereocenters. The molecule has 2 spiro atoms. The molecule has 322 valence electrons. The van der Waals surface area contributed by atoms with Gasteiger partial charge in [0.15, 0.2) is 0 Å². The number of urea groups is 2. The summed E-state index contributed by atoms with van der Waals surface area (Å²) in [6.45, 7) is 7.37. The van der Waals surface area contributed by atoms with Gasteiger partial charge in [0.05, 0.1) is 22.8 Å². The third-order valence-corrected chi connectivity index (χ3v) is 13.5. The van der Waals surface area contributed by atoms with Gasteiger partial charge >= 0.3 is 12.1 Å². The minimum atomic E-state index is -1.29. The van der Waals surface area contributed by atoms with Gasteiger partial charge in [0.1, 0.15) is 22.7 Å². The minimum absolute atomic E-state index is 0.141. The third kappa shape index (κ3) is 6.90. The highest BCUT2D eigenvalue weighted by atomic mass is 16.2. The molecule has 0 aliphatic carbocycles. The van der Waals surface area contributed by atoms with Crippen molar-refractivity contribution < 1.29 is 19.2 Å². The molecule has 4 fully saturated rings. The summed E-state index contributed by atoms with van der Waals surface area (Å²) in [6, 6.07) is 32.2. The van der Waals surface area contributed by atoms with E-state index in [-0.39, 0.29) is 11.4 Å². The summed E-state index contributed by atoms with van der Waals surface area (Å²) in [4.78, 5) is 89.9. The number of likely N-dealkylation sites (tertiary alicyclic amines) is 2. The number of benzene rings is 2. The van der Waals surface area contributed by atoms with Crippen LogP contribution >= 0.6 is 0 Å². The number of carbonyl (C=O) groups excluding carboxylic acids is 4. The molecule has 0 N–H and O–H groups in total. The number of anilines is 4. The molecule has 0 saturated carbocycles. The van der Waals surface area contributed by atoms with Crippen LogP contribution in [0.5, 0.6) is 0 Å². The maximum atomic E-state index is 15.6. The number of imide groups is 2. The van der Waals surface area contributed by atoms with E-state index in [1.807, 2.05) is 74.5 Å². The number of piperidine rings is 2. The molecular weight excluding hydrogens is 805 g/mol. The molecule has 4 saturated heterocycles. The number of hydrogen-bond acceptors (Lipinski definition) is 10. The SMILES string of the molecule is Cc1cccnc1CN1CCC2(CC1)C(=O)N(c1ccc(-c3ccccc3)cc1N1C(=O)N(c3ccccn3)C3(CCN(Cc4ncccc4C)CC3)C1=O)C(=O)N2c1ccccn1. The second-order valence-corrected chi connectivity index (χ2v) is 17.1. The Balaban J connectivity index is 1.06. The Bertz CT molecular complexity index is 2740. The number of rotatable bonds is 9. The molecule has 4 aliphatic heterocycles. The van der Waals surface area contributed by atoms with Gasteiger partial charge in [-0.1, -0.05) is 60.7 Å². The molecule has 8 heterocycles. The summed E-state index contributed by atoms with van der Waals surface area (Å²) in [6.07, 6.45) is 8.12. The van der Waals surface area contributed by atoms with Crippen molar-refractivity contribution in [2.24, 2.45) is 0 Å². The van der Waals surface area contributed by atoms with Gasteiger partial charge in [0, 0.05) is 64.1 Å². The molecule has 4 aromatic heterocycles. The Morgan fingerprint density at radius 1 is 0.469 bits per heavy atom. The van der Waals surface area contributed by atoms with Crippen LogP contribution in [0.15, 0.2) is 134 Å². The van der Waals surface area contributed by atoms with Crippen LogP contribution in [0.4, 0.5) is 32.6 Å². The Morgan fingerprint density at radius 3 is 1.38 bits per heavy atom. The van der Waals surface area contributed by atoms with Gasteiger partial charge in [0.2, 0.25) is 0 Å². The van der Waals surface area contributed by atoms with Crippen LogP contribution in [-0.4, -0.2) is 90.9 Å². The molecule has 0 bridgehead atoms. The van der Waals surface area contributed by atoms with Crippen molar-refractivity contribution in [2.75, 3.05) is 45.8 Å². The fraction of sp³-hybridized carbons (Fsp3) is 0.280. The monoisotopic (exact) mass is 852 g/mol. The molecule has 64 heavy (non-hydrogen) atoms. The van der Waals surface area contributed by atoms with Crippen molar-refractivity contribution in [2.45, 2.75) is 63.7 Å². The molecule has 0 unspecified atom stereocenters. The first-order chi connectivity index (χ1) is 31.2. The molecule has 0 radical (unpaired) electrons. The highest BCUT2D eigenvalue weighted by Crippen LogP contribution is 2.49. The maximum absolute atomic E-state index is 15.6. The smallest absolute Gasteiger partial charge is 0.297 e. The largest absolute Gasteiger partial charge is 0.338 e. The second kappa shape index (κ2) is 16.5. The second-order valence-electron chi connectivity index (χ2n) is 17.1. The summed E-state index contributed by atoms with van der Waals surface area (Å²) in [7, 11) is 0. The van der Waals surface area contributed by atoms with E-state index in [1.54, 1.807) is 73.3 Å². The molecule has 6 amide bonds. The van der Waals surface area contributed by atoms with Gasteiger partial charge in [-0.15, -0.1) is 0 Å². The van der Waals surface area contributed by atoms with Crippen molar-refractivity contribution in [3.63, 3.8) is 0 Å². The van der Waals surface area contributed by atoms with Crippen LogP contribution in [-0.2, 0) is 22.7 Å². The van der Waals surface area contributed by atoms with Gasteiger partial charge in [0.25, 0.3) is 11.8 Å². The average Bonchev–Trinajstić information content (AvgIpc) is 3.66. The first-order valence-electron chi connectivity index (χ1n) is 21.8. The zero-order valence-electron chi connectivity index (χ0n) is 35.9. The number of pyridine rings is 4. The lowest BCUT2D eigenvalue weighted by Gasteiger charge is -2.41. The summed E-state index contributed by atoms with van der Waals surface area (Å²) in [5.41, 5.74) is 3.35. The predicted molar refractivity (Wildman–Crippen MR) is 244 cm³/mol. The fourth-order valence-electron chi connectivity index (χ4n) is 9.91. The van der Waals surface area contributed by atoms with E-state index < -0.39 is 35.0 Å². The summed E-state index contributed by atoms with van der Waals surface area (Å²) < 4.78 is 0. The summed E-state index contributed by atoms with van der Waals surface area (Å²) in [5.74, 6) is -0.170. The van der Waals surface area contributed by atoms with Crippen LogP contribution in [0, 0.1) is 13.8 Å². The van der Waals surface area contributed by atoms with Crippen molar-refractivity contribution in [1.82, 2.24) is 29.7 Å². The molecule has 2 aromatic carbocycles. The zero-order chi connectivity index (χ0) is 44.0. The Morgan fingerprint density at radius 2 is 0.922 bits per heavy atom. The van der Waals surface area contributed by atoms with Crippen LogP contribution in [0.25, 0.3) is 11.1 Å². The van der Waals surface area contributed by atoms with Crippen LogP contribution in [0.3, 0.4) is 0 Å². The van der Waals surface area contributed by atoms with E-state index in [9.17, 15) is 0 Å². The minimum Gasteiger partial charge on any atom is -0.297 e. The lowest BCUT2D eigenvalue weighted by atomic mass is 9.85. The summed E-state index contributed by atoms with van der Waals surface area (Å²) in [5, 5.41) is 0. The Kier molecular flexibility index (Phi) is 10.6. The van der Waals surface area contributed by atoms with Crippen LogP contribution in [0.1, 0.15) is 48.2 Å². The number of aryl methyl sites for hydroxylation is 2. The third-order valence-electron chi connectivity index (χ3n) is 13.5. The van der Waals surface area contributed by atoms with Gasteiger partial charge in [-0.25, -0.2) is 29.4 Å². The van der Waals surface area contributed by atoms with Crippen molar-refractivity contribution in [3.05, 3.63) is 156 Å². The number of nitrogens with zero attached hydrogens (tertiary/aromatic N) is 10. The first kappa shape index (κ1) is 40.9. The van der Waals surface area contributed by atoms with E-state index in [1.165, 1.54) is 19.6 Å². The topological polar surface area (TPSA) is 139 Å². The van der Waals surface area contributed by atoms with Crippen molar-refractivity contribution in [1.29, 1.82) is 0 Å². The van der Waals surface area contributed by atoms with E-state index in [0.717, 1.165) is 28.1 Å². The van der Waals surface area contributed by atoms with Gasteiger partial charge in [-0.3, -0.25) is 39.2 Å². The Labute approximate surface area is 371 Å². The molecule has 4 aliphatic rings. The van der Waals surface area contributed by atoms with Crippen molar-refractivity contribution >= 4 is 46.9 Å². The number of aromatic nitrogens is 4. The first-order valence-corrected chi connectivity index (χ1v) is 21.8. The molecule has 14 heteroatoms. The highest BCUT2D eigenvalue weighted by Gasteiger charge is 2.63. The molecule has 14 nitrogen and oxygen atoms in total. The van der Waals surface area contributed by atoms with Gasteiger partial charge in [-0.2, -0.15) is 0 Å². The van der Waals surface area contributed by atoms with E-state index in [0.29, 0.717) is 82.2 Å². The van der Waals surface area contributed by atoms with E-state index >= 15 is 19.2 Å². The highest BCUT2D eigenvalue weighted by molar-refractivity contribution is 6.35. The molecule has 6 aromatic rings. The maximum Gasteiger partial charge on any atom is 0.338 e. The van der Waals surface area contributed by atoms with Crippen molar-refractivity contribution in [3.8, 4) is 11.1 Å². The van der Waals surface area contributed by atoms with Gasteiger partial charge in [-0.05, 0) is 110 Å². The number of carbonyl (C=O) groups is 4. The number of amides is 6. The normalized spacial score (nSPS) is 18.8. The summed E-state index contributed by atoms with van der Waals surface area (Å²) >= 11 is 0. The number of hydrogen-bond donors (Lipinski definition) is 0. The Hall–Kier alpha value is -7.16. The van der Waals surface area contributed by atoms with Crippen LogP contribution < -0.4 is 19.6 Å². The zero-order valence-corrected chi connectivity index (χ0v) is 35.9. The van der Waals surface area contributed by atoms with E-state index in [4.69, 9.17) is 0 Å². The fourth-order valence-corrected chi connectivity index (χ4v) is 9.91.